The summed E-state index contributed by atoms with van der Waals surface area (Å²) in [6.07, 6.45) is 1.85. The lowest BCUT2D eigenvalue weighted by atomic mass is 10.0. The van der Waals surface area contributed by atoms with E-state index in [0.29, 0.717) is 49.2 Å². The molecule has 0 saturated carbocycles. The van der Waals surface area contributed by atoms with Crippen LogP contribution in [-0.4, -0.2) is 87.2 Å². The molecule has 15 nitrogen and oxygen atoms in total. The number of hydrogen-bond acceptors (Lipinski definition) is 7. The van der Waals surface area contributed by atoms with Crippen molar-refractivity contribution < 1.29 is 33.4 Å². The standard InChI is InChI=1S/C33H57ClN8O7/c1-8-33(5,6)49-32(47)42-26(17-22(2)3)20-39-30(45)41-25(19-38-29(44)40-23(4)18-37-28(43)35-7)14-11-12-16-36-31(46)48-21-24-13-9-10-15-27(24)34/h9-10,13,15,22-23,25-26H,8,11-12,14,16-21H2,1-7H3,(H,36,46)(H,42,47)(H2,35,37,43)(H2,38,40,44)(H2,39,41,45)/t23-,25?,26-/m0/s1. The maximum Gasteiger partial charge on any atom is 0.407 e. The number of carbonyl (C=O) groups excluding carboxylic acids is 5. The largest absolute Gasteiger partial charge is 0.445 e. The highest BCUT2D eigenvalue weighted by atomic mass is 35.5. The van der Waals surface area contributed by atoms with Gasteiger partial charge >= 0.3 is 30.3 Å². The molecule has 0 aromatic heterocycles. The fraction of sp³-hybridized carbons (Fsp3) is 0.667. The van der Waals surface area contributed by atoms with Crippen molar-refractivity contribution in [2.75, 3.05) is 33.2 Å². The van der Waals surface area contributed by atoms with E-state index in [1.807, 2.05) is 40.7 Å². The van der Waals surface area contributed by atoms with E-state index in [1.54, 1.807) is 25.1 Å². The minimum Gasteiger partial charge on any atom is -0.445 e. The third-order valence-corrected chi connectivity index (χ3v) is 7.76. The summed E-state index contributed by atoms with van der Waals surface area (Å²) in [5.41, 5.74) is 0.0842. The van der Waals surface area contributed by atoms with E-state index in [2.05, 4.69) is 42.5 Å². The zero-order valence-electron chi connectivity index (χ0n) is 29.9. The Hall–Kier alpha value is -4.14. The molecule has 3 atom stereocenters. The Labute approximate surface area is 295 Å². The van der Waals surface area contributed by atoms with Crippen molar-refractivity contribution >= 4 is 41.9 Å². The van der Waals surface area contributed by atoms with Crippen LogP contribution in [0.1, 0.15) is 79.2 Å². The molecule has 1 aromatic rings. The van der Waals surface area contributed by atoms with Crippen LogP contribution in [0.2, 0.25) is 5.02 Å². The van der Waals surface area contributed by atoms with Gasteiger partial charge in [0, 0.05) is 61.9 Å². The zero-order chi connectivity index (χ0) is 36.8. The molecule has 8 N–H and O–H groups in total. The number of hydrogen-bond donors (Lipinski definition) is 8. The van der Waals surface area contributed by atoms with Crippen molar-refractivity contribution in [3.63, 3.8) is 0 Å². The Balaban J connectivity index is 2.69. The number of rotatable bonds is 20. The van der Waals surface area contributed by atoms with E-state index in [0.717, 1.165) is 0 Å². The summed E-state index contributed by atoms with van der Waals surface area (Å²) in [6, 6.07) is 4.65. The Morgan fingerprint density at radius 1 is 0.796 bits per heavy atom. The first-order valence-electron chi connectivity index (χ1n) is 16.8. The molecule has 8 amide bonds. The summed E-state index contributed by atoms with van der Waals surface area (Å²) >= 11 is 6.11. The third kappa shape index (κ3) is 20.7. The quantitative estimate of drug-likeness (QED) is 0.0919. The predicted octanol–water partition coefficient (Wildman–Crippen LogP) is 4.35. The Bertz CT molecular complexity index is 1190. The summed E-state index contributed by atoms with van der Waals surface area (Å²) in [4.78, 5) is 61.6. The monoisotopic (exact) mass is 712 g/mol. The predicted molar refractivity (Wildman–Crippen MR) is 189 cm³/mol. The lowest BCUT2D eigenvalue weighted by molar-refractivity contribution is 0.0338. The van der Waals surface area contributed by atoms with Crippen LogP contribution < -0.4 is 42.5 Å². The molecule has 0 saturated heterocycles. The van der Waals surface area contributed by atoms with Gasteiger partial charge in [-0.25, -0.2) is 24.0 Å². The minimum absolute atomic E-state index is 0.0479. The van der Waals surface area contributed by atoms with Crippen molar-refractivity contribution in [2.24, 2.45) is 5.92 Å². The number of halogens is 1. The lowest BCUT2D eigenvalue weighted by Crippen LogP contribution is -2.53. The van der Waals surface area contributed by atoms with E-state index in [-0.39, 0.29) is 50.3 Å². The second-order valence-electron chi connectivity index (χ2n) is 12.8. The summed E-state index contributed by atoms with van der Waals surface area (Å²) in [5, 5.41) is 22.4. The average Bonchev–Trinajstić information content (AvgIpc) is 3.03. The fourth-order valence-electron chi connectivity index (χ4n) is 4.35. The van der Waals surface area contributed by atoms with Gasteiger partial charge in [0.15, 0.2) is 0 Å². The number of ether oxygens (including phenoxy) is 2. The lowest BCUT2D eigenvalue weighted by Gasteiger charge is -2.27. The van der Waals surface area contributed by atoms with Crippen LogP contribution in [0.15, 0.2) is 24.3 Å². The minimum atomic E-state index is -0.617. The zero-order valence-corrected chi connectivity index (χ0v) is 30.7. The number of amides is 8. The van der Waals surface area contributed by atoms with Gasteiger partial charge in [-0.15, -0.1) is 0 Å². The van der Waals surface area contributed by atoms with Crippen LogP contribution >= 0.6 is 11.6 Å². The molecule has 278 valence electrons. The molecule has 0 fully saturated rings. The molecule has 0 bridgehead atoms. The highest BCUT2D eigenvalue weighted by Gasteiger charge is 2.23. The van der Waals surface area contributed by atoms with E-state index < -0.39 is 35.9 Å². The van der Waals surface area contributed by atoms with Crippen molar-refractivity contribution in [3.8, 4) is 0 Å². The van der Waals surface area contributed by atoms with Crippen molar-refractivity contribution in [1.82, 2.24) is 42.5 Å². The number of nitrogens with one attached hydrogen (secondary N) is 8. The molecule has 1 unspecified atom stereocenters. The molecular weight excluding hydrogens is 656 g/mol. The molecule has 0 aliphatic rings. The molecule has 49 heavy (non-hydrogen) atoms. The summed E-state index contributed by atoms with van der Waals surface area (Å²) in [6.45, 7) is 12.3. The van der Waals surface area contributed by atoms with Crippen LogP contribution in [-0.2, 0) is 16.1 Å². The summed E-state index contributed by atoms with van der Waals surface area (Å²) in [5.74, 6) is 0.251. The van der Waals surface area contributed by atoms with Gasteiger partial charge in [-0.1, -0.05) is 50.6 Å². The molecule has 0 heterocycles. The number of carbonyl (C=O) groups is 5. The maximum absolute atomic E-state index is 13.0. The molecule has 0 aliphatic carbocycles. The molecule has 16 heteroatoms. The third-order valence-electron chi connectivity index (χ3n) is 7.39. The second kappa shape index (κ2) is 23.3. The van der Waals surface area contributed by atoms with Crippen LogP contribution in [0.5, 0.6) is 0 Å². The smallest absolute Gasteiger partial charge is 0.407 e. The molecule has 1 aromatic carbocycles. The Morgan fingerprint density at radius 2 is 1.43 bits per heavy atom. The topological polar surface area (TPSA) is 200 Å². The first kappa shape index (κ1) is 42.9. The van der Waals surface area contributed by atoms with Gasteiger partial charge in [0.2, 0.25) is 0 Å². The van der Waals surface area contributed by atoms with Crippen LogP contribution in [0.4, 0.5) is 24.0 Å². The van der Waals surface area contributed by atoms with E-state index in [1.165, 1.54) is 7.05 Å². The van der Waals surface area contributed by atoms with Gasteiger partial charge in [0.05, 0.1) is 0 Å². The van der Waals surface area contributed by atoms with Crippen molar-refractivity contribution in [3.05, 3.63) is 34.9 Å². The normalized spacial score (nSPS) is 12.8. The molecule has 0 radical (unpaired) electrons. The van der Waals surface area contributed by atoms with Gasteiger partial charge in [0.1, 0.15) is 12.2 Å². The van der Waals surface area contributed by atoms with Gasteiger partial charge in [-0.3, -0.25) is 0 Å². The van der Waals surface area contributed by atoms with Crippen LogP contribution in [0.3, 0.4) is 0 Å². The maximum atomic E-state index is 13.0. The molecule has 1 rings (SSSR count). The average molecular weight is 713 g/mol. The number of alkyl carbamates (subject to hydrolysis) is 2. The van der Waals surface area contributed by atoms with Gasteiger partial charge < -0.3 is 52.0 Å². The molecule has 0 spiro atoms. The van der Waals surface area contributed by atoms with Gasteiger partial charge in [-0.2, -0.15) is 0 Å². The molecule has 0 aliphatic heterocycles. The Kier molecular flexibility index (Phi) is 20.4. The van der Waals surface area contributed by atoms with Gasteiger partial charge in [0.25, 0.3) is 0 Å². The van der Waals surface area contributed by atoms with Gasteiger partial charge in [-0.05, 0) is 64.9 Å². The SMILES string of the molecule is CCC(C)(C)OC(=O)N[C@H](CNC(=O)NC(CCCCNC(=O)OCc1ccccc1Cl)CNC(=O)N[C@@H](C)CNC(=O)NC)CC(C)C. The van der Waals surface area contributed by atoms with Crippen LogP contribution in [0, 0.1) is 5.92 Å². The number of unbranched alkanes of at least 4 members (excludes halogenated alkanes) is 1. The Morgan fingerprint density at radius 3 is 2.06 bits per heavy atom. The highest BCUT2D eigenvalue weighted by molar-refractivity contribution is 6.31. The number of urea groups is 3. The summed E-state index contributed by atoms with van der Waals surface area (Å²) < 4.78 is 10.7. The van der Waals surface area contributed by atoms with Crippen molar-refractivity contribution in [2.45, 2.75) is 104 Å². The second-order valence-corrected chi connectivity index (χ2v) is 13.2. The van der Waals surface area contributed by atoms with E-state index in [9.17, 15) is 24.0 Å². The number of benzene rings is 1. The van der Waals surface area contributed by atoms with Crippen molar-refractivity contribution in [1.29, 1.82) is 0 Å². The van der Waals surface area contributed by atoms with E-state index in [4.69, 9.17) is 21.1 Å². The molecular formula is C33H57ClN8O7. The highest BCUT2D eigenvalue weighted by Crippen LogP contribution is 2.16. The first-order valence-corrected chi connectivity index (χ1v) is 17.2. The summed E-state index contributed by atoms with van der Waals surface area (Å²) in [7, 11) is 1.50. The van der Waals surface area contributed by atoms with E-state index >= 15 is 0 Å². The first-order chi connectivity index (χ1) is 23.1. The van der Waals surface area contributed by atoms with Crippen LogP contribution in [0.25, 0.3) is 0 Å². The fourth-order valence-corrected chi connectivity index (χ4v) is 4.54.